The summed E-state index contributed by atoms with van der Waals surface area (Å²) in [7, 11) is 1.44. The SMILES string of the molecule is COc1ccc(O)c2c1C(=O)CCCC2=O. The van der Waals surface area contributed by atoms with Crippen LogP contribution in [-0.4, -0.2) is 23.8 Å². The van der Waals surface area contributed by atoms with Gasteiger partial charge in [0.2, 0.25) is 0 Å². The lowest BCUT2D eigenvalue weighted by atomic mass is 9.99. The topological polar surface area (TPSA) is 63.6 Å². The quantitative estimate of drug-likeness (QED) is 0.735. The number of aromatic hydroxyl groups is 1. The first-order chi connectivity index (χ1) is 7.65. The molecule has 4 nitrogen and oxygen atoms in total. The Hall–Kier alpha value is -1.84. The highest BCUT2D eigenvalue weighted by Crippen LogP contribution is 2.34. The number of fused-ring (bicyclic) bond motifs is 1. The Balaban J connectivity index is 2.72. The van der Waals surface area contributed by atoms with Crippen LogP contribution in [0.3, 0.4) is 0 Å². The van der Waals surface area contributed by atoms with E-state index in [9.17, 15) is 14.7 Å². The fourth-order valence-corrected chi connectivity index (χ4v) is 1.96. The largest absolute Gasteiger partial charge is 0.507 e. The highest BCUT2D eigenvalue weighted by atomic mass is 16.5. The lowest BCUT2D eigenvalue weighted by Crippen LogP contribution is -2.07. The van der Waals surface area contributed by atoms with E-state index in [1.165, 1.54) is 19.2 Å². The molecular weight excluding hydrogens is 208 g/mol. The summed E-state index contributed by atoms with van der Waals surface area (Å²) in [6.45, 7) is 0. The maximum Gasteiger partial charge on any atom is 0.167 e. The van der Waals surface area contributed by atoms with Crippen LogP contribution in [0.4, 0.5) is 0 Å². The van der Waals surface area contributed by atoms with Crippen LogP contribution >= 0.6 is 0 Å². The number of Topliss-reactive ketones (excluding diaryl/α,β-unsaturated/α-hetero) is 2. The molecule has 0 radical (unpaired) electrons. The Morgan fingerprint density at radius 3 is 2.38 bits per heavy atom. The fraction of sp³-hybridized carbons (Fsp3) is 0.333. The molecule has 4 heteroatoms. The minimum atomic E-state index is -0.197. The van der Waals surface area contributed by atoms with Gasteiger partial charge in [-0.3, -0.25) is 9.59 Å². The van der Waals surface area contributed by atoms with Crippen LogP contribution in [0.15, 0.2) is 12.1 Å². The summed E-state index contributed by atoms with van der Waals surface area (Å²) in [6.07, 6.45) is 1.13. The molecule has 0 unspecified atom stereocenters. The van der Waals surface area contributed by atoms with Gasteiger partial charge in [0.15, 0.2) is 11.6 Å². The molecule has 84 valence electrons. The molecule has 0 aliphatic heterocycles. The highest BCUT2D eigenvalue weighted by Gasteiger charge is 2.27. The molecule has 0 spiro atoms. The molecule has 1 aliphatic rings. The summed E-state index contributed by atoms with van der Waals surface area (Å²) in [6, 6.07) is 2.89. The van der Waals surface area contributed by atoms with E-state index in [1.54, 1.807) is 0 Å². The van der Waals surface area contributed by atoms with Gasteiger partial charge in [0.1, 0.15) is 11.5 Å². The Morgan fingerprint density at radius 2 is 1.75 bits per heavy atom. The molecule has 0 aromatic heterocycles. The zero-order valence-electron chi connectivity index (χ0n) is 8.95. The smallest absolute Gasteiger partial charge is 0.167 e. The van der Waals surface area contributed by atoms with Gasteiger partial charge in [-0.05, 0) is 18.6 Å². The second-order valence-corrected chi connectivity index (χ2v) is 3.74. The van der Waals surface area contributed by atoms with Crippen molar-refractivity contribution in [1.29, 1.82) is 0 Å². The number of phenols is 1. The summed E-state index contributed by atoms with van der Waals surface area (Å²) in [5.41, 5.74) is 0.340. The molecule has 0 atom stereocenters. The number of carbonyl (C=O) groups is 2. The van der Waals surface area contributed by atoms with Gasteiger partial charge >= 0.3 is 0 Å². The van der Waals surface area contributed by atoms with Crippen molar-refractivity contribution in [3.05, 3.63) is 23.3 Å². The van der Waals surface area contributed by atoms with Crippen molar-refractivity contribution in [2.75, 3.05) is 7.11 Å². The van der Waals surface area contributed by atoms with Crippen molar-refractivity contribution < 1.29 is 19.4 Å². The molecule has 0 saturated carbocycles. The van der Waals surface area contributed by atoms with Gasteiger partial charge in [-0.15, -0.1) is 0 Å². The molecule has 0 fully saturated rings. The van der Waals surface area contributed by atoms with E-state index in [-0.39, 0.29) is 28.4 Å². The lowest BCUT2D eigenvalue weighted by molar-refractivity contribution is 0.0975. The van der Waals surface area contributed by atoms with E-state index in [0.717, 1.165) is 0 Å². The second kappa shape index (κ2) is 3.96. The minimum Gasteiger partial charge on any atom is -0.507 e. The first kappa shape index (κ1) is 10.7. The molecule has 0 bridgehead atoms. The molecular formula is C12H12O4. The van der Waals surface area contributed by atoms with Crippen molar-refractivity contribution in [2.45, 2.75) is 19.3 Å². The maximum absolute atomic E-state index is 11.8. The number of phenolic OH excluding ortho intramolecular Hbond substituents is 1. The molecule has 1 N–H and O–H groups in total. The summed E-state index contributed by atoms with van der Waals surface area (Å²) in [5.74, 6) is -0.130. The monoisotopic (exact) mass is 220 g/mol. The summed E-state index contributed by atoms with van der Waals surface area (Å²) in [5, 5.41) is 9.66. The van der Waals surface area contributed by atoms with Gasteiger partial charge in [0.25, 0.3) is 0 Å². The van der Waals surface area contributed by atoms with Gasteiger partial charge in [-0.1, -0.05) is 0 Å². The fourth-order valence-electron chi connectivity index (χ4n) is 1.96. The van der Waals surface area contributed by atoms with E-state index in [2.05, 4.69) is 0 Å². The normalized spacial score (nSPS) is 15.6. The minimum absolute atomic E-state index is 0.113. The Bertz CT molecular complexity index is 462. The Morgan fingerprint density at radius 1 is 1.12 bits per heavy atom. The van der Waals surface area contributed by atoms with Gasteiger partial charge in [-0.2, -0.15) is 0 Å². The molecule has 2 rings (SSSR count). The number of carbonyl (C=O) groups excluding carboxylic acids is 2. The third-order valence-corrected chi connectivity index (χ3v) is 2.73. The zero-order valence-corrected chi connectivity index (χ0v) is 8.95. The van der Waals surface area contributed by atoms with E-state index < -0.39 is 0 Å². The van der Waals surface area contributed by atoms with Gasteiger partial charge < -0.3 is 9.84 Å². The van der Waals surface area contributed by atoms with E-state index >= 15 is 0 Å². The molecule has 0 heterocycles. The van der Waals surface area contributed by atoms with E-state index in [0.29, 0.717) is 25.0 Å². The number of methoxy groups -OCH3 is 1. The van der Waals surface area contributed by atoms with Gasteiger partial charge in [-0.25, -0.2) is 0 Å². The van der Waals surface area contributed by atoms with Crippen molar-refractivity contribution in [3.8, 4) is 11.5 Å². The van der Waals surface area contributed by atoms with Crippen LogP contribution in [0.2, 0.25) is 0 Å². The summed E-state index contributed by atoms with van der Waals surface area (Å²) in [4.78, 5) is 23.6. The van der Waals surface area contributed by atoms with Crippen LogP contribution in [0, 0.1) is 0 Å². The van der Waals surface area contributed by atoms with Crippen LogP contribution in [0.5, 0.6) is 11.5 Å². The average Bonchev–Trinajstić information content (AvgIpc) is 2.41. The summed E-state index contributed by atoms with van der Waals surface area (Å²) < 4.78 is 5.06. The van der Waals surface area contributed by atoms with Gasteiger partial charge in [0, 0.05) is 12.8 Å². The molecule has 0 amide bonds. The first-order valence-electron chi connectivity index (χ1n) is 5.11. The molecule has 1 aromatic rings. The van der Waals surface area contributed by atoms with Crippen molar-refractivity contribution in [3.63, 3.8) is 0 Å². The Kier molecular flexibility index (Phi) is 2.64. The van der Waals surface area contributed by atoms with Crippen LogP contribution in [-0.2, 0) is 0 Å². The molecule has 16 heavy (non-hydrogen) atoms. The lowest BCUT2D eigenvalue weighted by Gasteiger charge is -2.10. The predicted octanol–water partition coefficient (Wildman–Crippen LogP) is 1.95. The molecule has 1 aromatic carbocycles. The van der Waals surface area contributed by atoms with Crippen LogP contribution in [0.1, 0.15) is 40.0 Å². The number of rotatable bonds is 1. The zero-order chi connectivity index (χ0) is 11.7. The third-order valence-electron chi connectivity index (χ3n) is 2.73. The summed E-state index contributed by atoms with van der Waals surface area (Å²) >= 11 is 0. The maximum atomic E-state index is 11.8. The van der Waals surface area contributed by atoms with E-state index in [4.69, 9.17) is 4.74 Å². The van der Waals surface area contributed by atoms with Crippen molar-refractivity contribution in [1.82, 2.24) is 0 Å². The van der Waals surface area contributed by atoms with E-state index in [1.807, 2.05) is 0 Å². The number of ether oxygens (including phenoxy) is 1. The van der Waals surface area contributed by atoms with Crippen molar-refractivity contribution in [2.24, 2.45) is 0 Å². The number of benzene rings is 1. The third kappa shape index (κ3) is 1.56. The van der Waals surface area contributed by atoms with Crippen LogP contribution in [0.25, 0.3) is 0 Å². The van der Waals surface area contributed by atoms with Gasteiger partial charge in [0.05, 0.1) is 18.2 Å². The predicted molar refractivity (Wildman–Crippen MR) is 57.2 cm³/mol. The molecule has 1 aliphatic carbocycles. The number of hydrogen-bond donors (Lipinski definition) is 1. The highest BCUT2D eigenvalue weighted by molar-refractivity contribution is 6.13. The first-order valence-corrected chi connectivity index (χ1v) is 5.11. The molecule has 0 saturated heterocycles. The van der Waals surface area contributed by atoms with Crippen LogP contribution < -0.4 is 4.74 Å². The van der Waals surface area contributed by atoms with Crippen molar-refractivity contribution >= 4 is 11.6 Å². The average molecular weight is 220 g/mol. The Labute approximate surface area is 92.8 Å². The number of ketones is 2. The second-order valence-electron chi connectivity index (χ2n) is 3.74. The number of hydrogen-bond acceptors (Lipinski definition) is 4. The standard InChI is InChI=1S/C12H12O4/c1-16-10-6-5-9(15)11-7(13)3-2-4-8(14)12(10)11/h5-6,15H,2-4H2,1H3.